The van der Waals surface area contributed by atoms with E-state index in [2.05, 4.69) is 5.32 Å². The highest BCUT2D eigenvalue weighted by Crippen LogP contribution is 2.50. The van der Waals surface area contributed by atoms with Gasteiger partial charge in [-0.25, -0.2) is 0 Å². The lowest BCUT2D eigenvalue weighted by Crippen LogP contribution is -2.62. The van der Waals surface area contributed by atoms with Gasteiger partial charge in [-0.3, -0.25) is 9.35 Å². The van der Waals surface area contributed by atoms with Crippen LogP contribution in [0.1, 0.15) is 35.7 Å². The molecule has 0 bridgehead atoms. The van der Waals surface area contributed by atoms with Crippen LogP contribution >= 0.6 is 11.6 Å². The Morgan fingerprint density at radius 1 is 1.12 bits per heavy atom. The monoisotopic (exact) mass is 497 g/mol. The van der Waals surface area contributed by atoms with E-state index in [4.69, 9.17) is 25.8 Å². The van der Waals surface area contributed by atoms with Crippen LogP contribution in [0.25, 0.3) is 0 Å². The lowest BCUT2D eigenvalue weighted by atomic mass is 9.65. The molecule has 2 unspecified atom stereocenters. The smallest absolute Gasteiger partial charge is 0.279 e. The zero-order valence-corrected chi connectivity index (χ0v) is 20.5. The number of nitrogens with one attached hydrogen (secondary N) is 1. The van der Waals surface area contributed by atoms with E-state index in [0.717, 1.165) is 0 Å². The third-order valence-corrected chi connectivity index (χ3v) is 8.55. The molecule has 2 atom stereocenters. The highest BCUT2D eigenvalue weighted by molar-refractivity contribution is 7.88. The van der Waals surface area contributed by atoms with Crippen LogP contribution in [0.3, 0.4) is 0 Å². The molecule has 0 amide bonds. The average Bonchev–Trinajstić information content (AvgIpc) is 3.29. The Kier molecular flexibility index (Phi) is 7.28. The van der Waals surface area contributed by atoms with Gasteiger partial charge in [0.25, 0.3) is 10.1 Å². The van der Waals surface area contributed by atoms with Crippen molar-refractivity contribution in [2.75, 3.05) is 34.4 Å². The summed E-state index contributed by atoms with van der Waals surface area (Å²) >= 11 is 6.07. The van der Waals surface area contributed by atoms with Crippen molar-refractivity contribution in [3.05, 3.63) is 52.5 Å². The number of benzene rings is 2. The molecule has 1 aliphatic heterocycles. The van der Waals surface area contributed by atoms with Crippen LogP contribution in [-0.4, -0.2) is 57.9 Å². The molecule has 0 radical (unpaired) electrons. The van der Waals surface area contributed by atoms with Gasteiger partial charge >= 0.3 is 0 Å². The molecule has 2 aromatic carbocycles. The van der Waals surface area contributed by atoms with E-state index >= 15 is 0 Å². The van der Waals surface area contributed by atoms with Crippen LogP contribution in [0, 0.1) is 0 Å². The molecular formula is C23H28ClNO7S. The average molecular weight is 498 g/mol. The van der Waals surface area contributed by atoms with Crippen LogP contribution in [0.4, 0.5) is 0 Å². The highest BCUT2D eigenvalue weighted by Gasteiger charge is 2.65. The molecule has 1 heterocycles. The first-order valence-corrected chi connectivity index (χ1v) is 12.2. The van der Waals surface area contributed by atoms with E-state index in [1.807, 2.05) is 0 Å². The van der Waals surface area contributed by atoms with E-state index in [1.54, 1.807) is 31.2 Å². The number of ketones is 1. The molecule has 0 aromatic heterocycles. The van der Waals surface area contributed by atoms with E-state index in [1.165, 1.54) is 33.5 Å². The minimum Gasteiger partial charge on any atom is -0.493 e. The fourth-order valence-corrected chi connectivity index (χ4v) is 6.62. The van der Waals surface area contributed by atoms with Gasteiger partial charge in [-0.2, -0.15) is 8.42 Å². The fraction of sp³-hybridized carbons (Fsp3) is 0.435. The number of ether oxygens (including phenoxy) is 3. The van der Waals surface area contributed by atoms with Crippen LogP contribution in [-0.2, 0) is 15.5 Å². The van der Waals surface area contributed by atoms with Gasteiger partial charge < -0.3 is 19.5 Å². The number of hydrogen-bond donors (Lipinski definition) is 2. The van der Waals surface area contributed by atoms with Crippen LogP contribution in [0.5, 0.6) is 17.2 Å². The van der Waals surface area contributed by atoms with Gasteiger partial charge in [0.15, 0.2) is 22.0 Å². The second-order valence-corrected chi connectivity index (χ2v) is 10.00. The molecule has 1 fully saturated rings. The quantitative estimate of drug-likeness (QED) is 0.400. The number of Topliss-reactive ketones (excluding diaryl/α,β-unsaturated/α-hetero) is 1. The highest BCUT2D eigenvalue weighted by atomic mass is 35.5. The molecule has 33 heavy (non-hydrogen) atoms. The van der Waals surface area contributed by atoms with Gasteiger partial charge in [-0.1, -0.05) is 30.7 Å². The zero-order chi connectivity index (χ0) is 24.4. The van der Waals surface area contributed by atoms with Gasteiger partial charge in [-0.05, 0) is 49.2 Å². The van der Waals surface area contributed by atoms with Gasteiger partial charge in [0.05, 0.1) is 21.3 Å². The van der Waals surface area contributed by atoms with Gasteiger partial charge in [0.2, 0.25) is 5.75 Å². The number of carbonyl (C=O) groups excluding carboxylic acids is 1. The Morgan fingerprint density at radius 3 is 2.09 bits per heavy atom. The molecule has 0 spiro atoms. The van der Waals surface area contributed by atoms with E-state index < -0.39 is 26.1 Å². The van der Waals surface area contributed by atoms with Crippen molar-refractivity contribution < 1.29 is 32.0 Å². The Bertz CT molecular complexity index is 1100. The van der Waals surface area contributed by atoms with E-state index in [-0.39, 0.29) is 35.8 Å². The normalized spacial score (nSPS) is 20.2. The zero-order valence-electron chi connectivity index (χ0n) is 19.0. The Balaban J connectivity index is 2.34. The van der Waals surface area contributed by atoms with Crippen molar-refractivity contribution >= 4 is 27.5 Å². The number of rotatable bonds is 9. The third kappa shape index (κ3) is 3.97. The maximum atomic E-state index is 14.2. The molecule has 2 aromatic rings. The number of hydrogen-bond acceptors (Lipinski definition) is 7. The summed E-state index contributed by atoms with van der Waals surface area (Å²) in [6, 6.07) is 9.49. The van der Waals surface area contributed by atoms with Crippen molar-refractivity contribution in [3.8, 4) is 17.2 Å². The van der Waals surface area contributed by atoms with Crippen molar-refractivity contribution in [1.29, 1.82) is 0 Å². The topological polar surface area (TPSA) is 111 Å². The molecule has 0 saturated carbocycles. The lowest BCUT2D eigenvalue weighted by Gasteiger charge is -2.45. The van der Waals surface area contributed by atoms with Crippen LogP contribution in [0.15, 0.2) is 36.4 Å². The molecular weight excluding hydrogens is 470 g/mol. The summed E-state index contributed by atoms with van der Waals surface area (Å²) in [6.07, 6.45) is 0.157. The standard InChI is InChI=1S/C23H28ClNO7S/c1-5-23(33(27,28)29,22(10-11-25-14-22)16-6-8-17(24)9-7-16)21(26)15-12-18(30-2)20(32-4)19(13-15)31-3/h6-9,12-13,25H,5,10-11,14H2,1-4H3,(H,27,28,29). The lowest BCUT2D eigenvalue weighted by molar-refractivity contribution is 0.0868. The molecule has 0 aliphatic carbocycles. The molecule has 1 aliphatic rings. The Hall–Kier alpha value is -2.33. The van der Waals surface area contributed by atoms with Crippen LogP contribution in [0.2, 0.25) is 5.02 Å². The van der Waals surface area contributed by atoms with E-state index in [0.29, 0.717) is 23.6 Å². The van der Waals surface area contributed by atoms with E-state index in [9.17, 15) is 17.8 Å². The van der Waals surface area contributed by atoms with Gasteiger partial charge in [0.1, 0.15) is 0 Å². The molecule has 1 saturated heterocycles. The summed E-state index contributed by atoms with van der Waals surface area (Å²) in [6.45, 7) is 2.24. The van der Waals surface area contributed by atoms with Crippen molar-refractivity contribution in [2.45, 2.75) is 29.9 Å². The summed E-state index contributed by atoms with van der Waals surface area (Å²) in [5.74, 6) is -0.0953. The SMILES string of the molecule is CCC(C(=O)c1cc(OC)c(OC)c(OC)c1)(C1(c2ccc(Cl)cc2)CCNC1)S(=O)(=O)O. The third-order valence-electron chi connectivity index (χ3n) is 6.56. The first-order valence-electron chi connectivity index (χ1n) is 10.4. The second-order valence-electron chi connectivity index (χ2n) is 7.91. The maximum absolute atomic E-state index is 14.2. The molecule has 180 valence electrons. The summed E-state index contributed by atoms with van der Waals surface area (Å²) in [5.41, 5.74) is -0.626. The summed E-state index contributed by atoms with van der Waals surface area (Å²) < 4.78 is 50.8. The van der Waals surface area contributed by atoms with Crippen LogP contribution < -0.4 is 19.5 Å². The second kappa shape index (κ2) is 9.50. The van der Waals surface area contributed by atoms with Crippen molar-refractivity contribution in [1.82, 2.24) is 5.32 Å². The molecule has 3 rings (SSSR count). The number of halogens is 1. The number of methoxy groups -OCH3 is 3. The summed E-state index contributed by atoms with van der Waals surface area (Å²) in [5, 5.41) is 3.65. The minimum atomic E-state index is -4.91. The molecule has 2 N–H and O–H groups in total. The largest absolute Gasteiger partial charge is 0.493 e. The van der Waals surface area contributed by atoms with Crippen molar-refractivity contribution in [3.63, 3.8) is 0 Å². The van der Waals surface area contributed by atoms with Gasteiger partial charge in [0, 0.05) is 22.5 Å². The van der Waals surface area contributed by atoms with Crippen molar-refractivity contribution in [2.24, 2.45) is 0 Å². The maximum Gasteiger partial charge on any atom is 0.279 e. The van der Waals surface area contributed by atoms with Gasteiger partial charge in [-0.15, -0.1) is 0 Å². The number of carbonyl (C=O) groups is 1. The first kappa shape index (κ1) is 25.3. The first-order chi connectivity index (χ1) is 15.6. The summed E-state index contributed by atoms with van der Waals surface area (Å²) in [7, 11) is -0.687. The Morgan fingerprint density at radius 2 is 1.70 bits per heavy atom. The molecule has 10 heteroatoms. The predicted octanol–water partition coefficient (Wildman–Crippen LogP) is 3.52. The molecule has 8 nitrogen and oxygen atoms in total. The summed E-state index contributed by atoms with van der Waals surface area (Å²) in [4.78, 5) is 14.2. The Labute approximate surface area is 198 Å². The predicted molar refractivity (Wildman–Crippen MR) is 126 cm³/mol. The minimum absolute atomic E-state index is 0.0178. The fourth-order valence-electron chi connectivity index (χ4n) is 4.99.